The predicted octanol–water partition coefficient (Wildman–Crippen LogP) is -0.632. The molecule has 0 spiro atoms. The molecule has 0 atom stereocenters. The molecule has 0 saturated carbocycles. The zero-order valence-corrected chi connectivity index (χ0v) is 8.32. The van der Waals surface area contributed by atoms with Gasteiger partial charge in [-0.3, -0.25) is 0 Å². The number of aliphatic hydroxyl groups excluding tert-OH is 1. The lowest BCUT2D eigenvalue weighted by Gasteiger charge is -2.06. The molecule has 1 amide bonds. The van der Waals surface area contributed by atoms with Crippen LogP contribution in [0.25, 0.3) is 0 Å². The van der Waals surface area contributed by atoms with Crippen molar-refractivity contribution in [3.63, 3.8) is 0 Å². The molecular weight excluding hydrogens is 190 g/mol. The van der Waals surface area contributed by atoms with Gasteiger partial charge in [-0.25, -0.2) is 4.79 Å². The Labute approximate surface area is 83.1 Å². The van der Waals surface area contributed by atoms with Crippen molar-refractivity contribution >= 4 is 6.09 Å². The number of aliphatic hydroxyl groups is 1. The fourth-order valence-corrected chi connectivity index (χ4v) is 0.659. The molecule has 0 aliphatic carbocycles. The standard InChI is InChI=1S/C8H17NO5/c1-12-6-7-13-4-2-9-8(11)14-5-3-10/h10H,2-7H2,1H3,(H,9,11). The Morgan fingerprint density at radius 3 is 2.71 bits per heavy atom. The second kappa shape index (κ2) is 10.2. The topological polar surface area (TPSA) is 77.0 Å². The number of alkyl carbamates (subject to hydrolysis) is 1. The molecule has 0 bridgehead atoms. The molecular formula is C8H17NO5. The van der Waals surface area contributed by atoms with E-state index in [1.165, 1.54) is 0 Å². The van der Waals surface area contributed by atoms with Gasteiger partial charge in [0, 0.05) is 13.7 Å². The Morgan fingerprint density at radius 1 is 1.29 bits per heavy atom. The maximum absolute atomic E-state index is 10.8. The molecule has 0 heterocycles. The normalized spacial score (nSPS) is 9.86. The number of carbonyl (C=O) groups excluding carboxylic acids is 1. The van der Waals surface area contributed by atoms with Crippen LogP contribution in [-0.4, -0.2) is 57.9 Å². The SMILES string of the molecule is COCCOCCNC(=O)OCCO. The van der Waals surface area contributed by atoms with E-state index in [4.69, 9.17) is 14.6 Å². The minimum Gasteiger partial charge on any atom is -0.447 e. The summed E-state index contributed by atoms with van der Waals surface area (Å²) in [5.41, 5.74) is 0. The molecule has 0 aliphatic heterocycles. The smallest absolute Gasteiger partial charge is 0.407 e. The van der Waals surface area contributed by atoms with E-state index in [1.807, 2.05) is 0 Å². The van der Waals surface area contributed by atoms with Crippen molar-refractivity contribution in [1.29, 1.82) is 0 Å². The minimum atomic E-state index is -0.547. The van der Waals surface area contributed by atoms with E-state index in [2.05, 4.69) is 10.1 Å². The number of carbonyl (C=O) groups is 1. The first-order valence-corrected chi connectivity index (χ1v) is 4.39. The van der Waals surface area contributed by atoms with E-state index >= 15 is 0 Å². The van der Waals surface area contributed by atoms with Crippen molar-refractivity contribution in [2.45, 2.75) is 0 Å². The average molecular weight is 207 g/mol. The van der Waals surface area contributed by atoms with Gasteiger partial charge < -0.3 is 24.6 Å². The highest BCUT2D eigenvalue weighted by Crippen LogP contribution is 1.78. The molecule has 6 nitrogen and oxygen atoms in total. The van der Waals surface area contributed by atoms with E-state index in [-0.39, 0.29) is 13.2 Å². The second-order valence-electron chi connectivity index (χ2n) is 2.39. The number of rotatable bonds is 8. The van der Waals surface area contributed by atoms with Gasteiger partial charge in [0.2, 0.25) is 0 Å². The molecule has 0 fully saturated rings. The van der Waals surface area contributed by atoms with Crippen LogP contribution in [0.15, 0.2) is 0 Å². The summed E-state index contributed by atoms with van der Waals surface area (Å²) in [6.07, 6.45) is -0.547. The molecule has 0 aromatic heterocycles. The van der Waals surface area contributed by atoms with Crippen molar-refractivity contribution in [3.8, 4) is 0 Å². The molecule has 0 rings (SSSR count). The van der Waals surface area contributed by atoms with Crippen LogP contribution in [-0.2, 0) is 14.2 Å². The van der Waals surface area contributed by atoms with Crippen LogP contribution < -0.4 is 5.32 Å². The van der Waals surface area contributed by atoms with Gasteiger partial charge in [0.15, 0.2) is 0 Å². The van der Waals surface area contributed by atoms with Crippen LogP contribution in [0.2, 0.25) is 0 Å². The monoisotopic (exact) mass is 207 g/mol. The zero-order chi connectivity index (χ0) is 10.6. The summed E-state index contributed by atoms with van der Waals surface area (Å²) in [5, 5.41) is 10.8. The quantitative estimate of drug-likeness (QED) is 0.518. The number of ether oxygens (including phenoxy) is 3. The predicted molar refractivity (Wildman–Crippen MR) is 49.1 cm³/mol. The van der Waals surface area contributed by atoms with Crippen LogP contribution in [0.4, 0.5) is 4.79 Å². The average Bonchev–Trinajstić information content (AvgIpc) is 2.20. The fourth-order valence-electron chi connectivity index (χ4n) is 0.659. The summed E-state index contributed by atoms with van der Waals surface area (Å²) in [6.45, 7) is 1.68. The van der Waals surface area contributed by atoms with Gasteiger partial charge in [0.1, 0.15) is 6.61 Å². The van der Waals surface area contributed by atoms with Crippen LogP contribution in [0.5, 0.6) is 0 Å². The van der Waals surface area contributed by atoms with E-state index in [1.54, 1.807) is 7.11 Å². The third-order valence-electron chi connectivity index (χ3n) is 1.27. The van der Waals surface area contributed by atoms with Crippen LogP contribution in [0.1, 0.15) is 0 Å². The maximum atomic E-state index is 10.8. The first-order chi connectivity index (χ1) is 6.81. The minimum absolute atomic E-state index is 0.0103. The Bertz CT molecular complexity index is 142. The molecule has 2 N–H and O–H groups in total. The maximum Gasteiger partial charge on any atom is 0.407 e. The highest BCUT2D eigenvalue weighted by Gasteiger charge is 1.98. The Morgan fingerprint density at radius 2 is 2.07 bits per heavy atom. The van der Waals surface area contributed by atoms with E-state index in [0.29, 0.717) is 26.4 Å². The Hall–Kier alpha value is -0.850. The third kappa shape index (κ3) is 9.24. The van der Waals surface area contributed by atoms with Crippen molar-refractivity contribution < 1.29 is 24.1 Å². The Kier molecular flexibility index (Phi) is 9.61. The van der Waals surface area contributed by atoms with E-state index in [9.17, 15) is 4.79 Å². The lowest BCUT2D eigenvalue weighted by Crippen LogP contribution is -2.29. The first kappa shape index (κ1) is 13.2. The number of methoxy groups -OCH3 is 1. The van der Waals surface area contributed by atoms with Crippen LogP contribution >= 0.6 is 0 Å². The van der Waals surface area contributed by atoms with Crippen LogP contribution in [0, 0.1) is 0 Å². The summed E-state index contributed by atoms with van der Waals surface area (Å²) in [7, 11) is 1.59. The molecule has 0 aromatic carbocycles. The van der Waals surface area contributed by atoms with Crippen molar-refractivity contribution in [2.24, 2.45) is 0 Å². The zero-order valence-electron chi connectivity index (χ0n) is 8.32. The van der Waals surface area contributed by atoms with Gasteiger partial charge in [-0.1, -0.05) is 0 Å². The first-order valence-electron chi connectivity index (χ1n) is 4.39. The summed E-state index contributed by atoms with van der Waals surface area (Å²) in [6, 6.07) is 0. The van der Waals surface area contributed by atoms with Gasteiger partial charge in [0.05, 0.1) is 26.4 Å². The van der Waals surface area contributed by atoms with Crippen molar-refractivity contribution in [3.05, 3.63) is 0 Å². The molecule has 6 heteroatoms. The van der Waals surface area contributed by atoms with Gasteiger partial charge in [-0.15, -0.1) is 0 Å². The van der Waals surface area contributed by atoms with Gasteiger partial charge in [-0.2, -0.15) is 0 Å². The molecule has 0 unspecified atom stereocenters. The Balaban J connectivity index is 3.07. The number of amides is 1. The summed E-state index contributed by atoms with van der Waals surface area (Å²) in [4.78, 5) is 10.8. The molecule has 0 saturated heterocycles. The molecule has 0 radical (unpaired) electrons. The van der Waals surface area contributed by atoms with Gasteiger partial charge >= 0.3 is 6.09 Å². The van der Waals surface area contributed by atoms with E-state index in [0.717, 1.165) is 0 Å². The molecule has 14 heavy (non-hydrogen) atoms. The summed E-state index contributed by atoms with van der Waals surface area (Å²) < 4.78 is 14.4. The highest BCUT2D eigenvalue weighted by atomic mass is 16.6. The van der Waals surface area contributed by atoms with E-state index < -0.39 is 6.09 Å². The molecule has 0 aromatic rings. The fraction of sp³-hybridized carbons (Fsp3) is 0.875. The number of nitrogens with one attached hydrogen (secondary N) is 1. The largest absolute Gasteiger partial charge is 0.447 e. The molecule has 0 aliphatic rings. The number of hydrogen-bond donors (Lipinski definition) is 2. The third-order valence-corrected chi connectivity index (χ3v) is 1.27. The molecule has 84 valence electrons. The summed E-state index contributed by atoms with van der Waals surface area (Å²) >= 11 is 0. The lowest BCUT2D eigenvalue weighted by molar-refractivity contribution is 0.0697. The van der Waals surface area contributed by atoms with Gasteiger partial charge in [0.25, 0.3) is 0 Å². The van der Waals surface area contributed by atoms with Crippen molar-refractivity contribution in [2.75, 3.05) is 46.7 Å². The highest BCUT2D eigenvalue weighted by molar-refractivity contribution is 5.66. The van der Waals surface area contributed by atoms with Crippen molar-refractivity contribution in [1.82, 2.24) is 5.32 Å². The number of hydrogen-bond acceptors (Lipinski definition) is 5. The lowest BCUT2D eigenvalue weighted by atomic mass is 10.6. The van der Waals surface area contributed by atoms with Crippen LogP contribution in [0.3, 0.4) is 0 Å². The summed E-state index contributed by atoms with van der Waals surface area (Å²) in [5.74, 6) is 0. The van der Waals surface area contributed by atoms with Gasteiger partial charge in [-0.05, 0) is 0 Å². The second-order valence-corrected chi connectivity index (χ2v) is 2.39.